The molecule has 18 heavy (non-hydrogen) atoms. The predicted molar refractivity (Wildman–Crippen MR) is 73.3 cm³/mol. The second kappa shape index (κ2) is 6.10. The first-order valence-corrected chi connectivity index (χ1v) is 6.73. The lowest BCUT2D eigenvalue weighted by Crippen LogP contribution is -2.31. The van der Waals surface area contributed by atoms with Crippen molar-refractivity contribution in [2.24, 2.45) is 5.92 Å². The van der Waals surface area contributed by atoms with E-state index in [2.05, 4.69) is 24.4 Å². The molecule has 1 heterocycles. The maximum Gasteiger partial charge on any atom is 0.122 e. The van der Waals surface area contributed by atoms with Crippen molar-refractivity contribution in [3.63, 3.8) is 0 Å². The van der Waals surface area contributed by atoms with Crippen LogP contribution in [0.1, 0.15) is 37.8 Å². The summed E-state index contributed by atoms with van der Waals surface area (Å²) in [6.45, 7) is 3.38. The van der Waals surface area contributed by atoms with Gasteiger partial charge in [0.1, 0.15) is 11.5 Å². The molecule has 0 aromatic heterocycles. The van der Waals surface area contributed by atoms with Gasteiger partial charge in [-0.15, -0.1) is 0 Å². The van der Waals surface area contributed by atoms with Crippen molar-refractivity contribution < 1.29 is 9.47 Å². The van der Waals surface area contributed by atoms with E-state index in [1.165, 1.54) is 24.8 Å². The quantitative estimate of drug-likeness (QED) is 0.889. The third-order valence-corrected chi connectivity index (χ3v) is 3.87. The molecule has 100 valence electrons. The Bertz CT molecular complexity index is 370. The van der Waals surface area contributed by atoms with E-state index in [1.807, 2.05) is 6.07 Å². The number of hydrogen-bond donors (Lipinski definition) is 1. The molecule has 1 aromatic carbocycles. The highest BCUT2D eigenvalue weighted by molar-refractivity contribution is 5.40. The summed E-state index contributed by atoms with van der Waals surface area (Å²) in [4.78, 5) is 0. The lowest BCUT2D eigenvalue weighted by Gasteiger charge is -2.30. The molecule has 0 amide bonds. The fourth-order valence-corrected chi connectivity index (χ4v) is 2.65. The Morgan fingerprint density at radius 1 is 1.17 bits per heavy atom. The fourth-order valence-electron chi connectivity index (χ4n) is 2.65. The lowest BCUT2D eigenvalue weighted by molar-refractivity contribution is 0.297. The molecule has 1 aliphatic rings. The second-order valence-corrected chi connectivity index (χ2v) is 4.95. The van der Waals surface area contributed by atoms with Crippen LogP contribution < -0.4 is 14.8 Å². The number of methoxy groups -OCH3 is 2. The Morgan fingerprint density at radius 2 is 1.83 bits per heavy atom. The standard InChI is InChI=1S/C15H23NO2/c1-4-11-5-6-16-15(7-11)12-8-13(17-2)10-14(9-12)18-3/h8-11,15-16H,4-7H2,1-3H3. The number of rotatable bonds is 4. The summed E-state index contributed by atoms with van der Waals surface area (Å²) in [6.07, 6.45) is 3.75. The van der Waals surface area contributed by atoms with E-state index >= 15 is 0 Å². The molecule has 2 atom stereocenters. The number of ether oxygens (including phenoxy) is 2. The van der Waals surface area contributed by atoms with Crippen LogP contribution in [0.25, 0.3) is 0 Å². The van der Waals surface area contributed by atoms with E-state index in [0.717, 1.165) is 24.0 Å². The molecule has 3 nitrogen and oxygen atoms in total. The van der Waals surface area contributed by atoms with Crippen LogP contribution in [0, 0.1) is 5.92 Å². The average Bonchev–Trinajstić information content (AvgIpc) is 2.46. The maximum atomic E-state index is 5.33. The highest BCUT2D eigenvalue weighted by Gasteiger charge is 2.22. The van der Waals surface area contributed by atoms with Crippen molar-refractivity contribution in [1.82, 2.24) is 5.32 Å². The zero-order valence-electron chi connectivity index (χ0n) is 11.5. The van der Waals surface area contributed by atoms with Crippen LogP contribution in [0.5, 0.6) is 11.5 Å². The fraction of sp³-hybridized carbons (Fsp3) is 0.600. The molecule has 1 aliphatic heterocycles. The summed E-state index contributed by atoms with van der Waals surface area (Å²) in [7, 11) is 3.39. The van der Waals surface area contributed by atoms with Crippen LogP contribution in [0.3, 0.4) is 0 Å². The summed E-state index contributed by atoms with van der Waals surface area (Å²) < 4.78 is 10.7. The van der Waals surface area contributed by atoms with Crippen molar-refractivity contribution in [3.05, 3.63) is 23.8 Å². The van der Waals surface area contributed by atoms with Crippen molar-refractivity contribution in [1.29, 1.82) is 0 Å². The van der Waals surface area contributed by atoms with E-state index in [1.54, 1.807) is 14.2 Å². The van der Waals surface area contributed by atoms with Crippen molar-refractivity contribution in [2.45, 2.75) is 32.2 Å². The van der Waals surface area contributed by atoms with Gasteiger partial charge >= 0.3 is 0 Å². The molecule has 0 radical (unpaired) electrons. The highest BCUT2D eigenvalue weighted by atomic mass is 16.5. The zero-order valence-corrected chi connectivity index (χ0v) is 11.5. The van der Waals surface area contributed by atoms with Gasteiger partial charge in [-0.25, -0.2) is 0 Å². The van der Waals surface area contributed by atoms with Crippen LogP contribution >= 0.6 is 0 Å². The molecule has 2 rings (SSSR count). The van der Waals surface area contributed by atoms with E-state index in [0.29, 0.717) is 6.04 Å². The van der Waals surface area contributed by atoms with Crippen LogP contribution in [0.2, 0.25) is 0 Å². The molecule has 0 aliphatic carbocycles. The van der Waals surface area contributed by atoms with Crippen LogP contribution in [0.4, 0.5) is 0 Å². The summed E-state index contributed by atoms with van der Waals surface area (Å²) in [5.74, 6) is 2.56. The van der Waals surface area contributed by atoms with E-state index in [9.17, 15) is 0 Å². The minimum Gasteiger partial charge on any atom is -0.497 e. The van der Waals surface area contributed by atoms with Crippen molar-refractivity contribution >= 4 is 0 Å². The molecule has 3 heteroatoms. The normalized spacial score (nSPS) is 23.7. The Morgan fingerprint density at radius 3 is 2.39 bits per heavy atom. The van der Waals surface area contributed by atoms with Crippen LogP contribution in [-0.4, -0.2) is 20.8 Å². The van der Waals surface area contributed by atoms with Gasteiger partial charge in [0.15, 0.2) is 0 Å². The SMILES string of the molecule is CCC1CCNC(c2cc(OC)cc(OC)c2)C1. The minimum absolute atomic E-state index is 0.424. The van der Waals surface area contributed by atoms with Gasteiger partial charge in [-0.05, 0) is 43.0 Å². The predicted octanol–water partition coefficient (Wildman–Crippen LogP) is 3.15. The Hall–Kier alpha value is -1.22. The van der Waals surface area contributed by atoms with Crippen molar-refractivity contribution in [2.75, 3.05) is 20.8 Å². The average molecular weight is 249 g/mol. The topological polar surface area (TPSA) is 30.5 Å². The highest BCUT2D eigenvalue weighted by Crippen LogP contribution is 2.33. The Kier molecular flexibility index (Phi) is 4.48. The Labute approximate surface area is 109 Å². The smallest absolute Gasteiger partial charge is 0.122 e. The first-order chi connectivity index (χ1) is 8.76. The summed E-state index contributed by atoms with van der Waals surface area (Å²) in [5, 5.41) is 3.59. The molecular weight excluding hydrogens is 226 g/mol. The number of piperidine rings is 1. The van der Waals surface area contributed by atoms with Gasteiger partial charge in [0.05, 0.1) is 14.2 Å². The summed E-state index contributed by atoms with van der Waals surface area (Å²) >= 11 is 0. The van der Waals surface area contributed by atoms with E-state index in [-0.39, 0.29) is 0 Å². The van der Waals surface area contributed by atoms with E-state index < -0.39 is 0 Å². The Balaban J connectivity index is 2.20. The van der Waals surface area contributed by atoms with Gasteiger partial charge in [0.2, 0.25) is 0 Å². The van der Waals surface area contributed by atoms with Crippen LogP contribution in [0.15, 0.2) is 18.2 Å². The number of benzene rings is 1. The molecule has 1 N–H and O–H groups in total. The molecule has 1 aromatic rings. The van der Waals surface area contributed by atoms with Gasteiger partial charge in [-0.3, -0.25) is 0 Å². The minimum atomic E-state index is 0.424. The molecule has 0 spiro atoms. The van der Waals surface area contributed by atoms with Crippen molar-refractivity contribution in [3.8, 4) is 11.5 Å². The molecule has 0 saturated carbocycles. The van der Waals surface area contributed by atoms with Gasteiger partial charge in [-0.1, -0.05) is 13.3 Å². The number of nitrogens with one attached hydrogen (secondary N) is 1. The van der Waals surface area contributed by atoms with Gasteiger partial charge in [-0.2, -0.15) is 0 Å². The largest absolute Gasteiger partial charge is 0.497 e. The first-order valence-electron chi connectivity index (χ1n) is 6.73. The van der Waals surface area contributed by atoms with E-state index in [4.69, 9.17) is 9.47 Å². The molecule has 2 unspecified atom stereocenters. The maximum absolute atomic E-state index is 5.33. The first kappa shape index (κ1) is 13.2. The summed E-state index contributed by atoms with van der Waals surface area (Å²) in [5.41, 5.74) is 1.27. The zero-order chi connectivity index (χ0) is 13.0. The molecule has 1 saturated heterocycles. The lowest BCUT2D eigenvalue weighted by atomic mass is 9.87. The third-order valence-electron chi connectivity index (χ3n) is 3.87. The monoisotopic (exact) mass is 249 g/mol. The van der Waals surface area contributed by atoms with Crippen LogP contribution in [-0.2, 0) is 0 Å². The molecule has 0 bridgehead atoms. The molecule has 1 fully saturated rings. The molecular formula is C15H23NO2. The van der Waals surface area contributed by atoms with Gasteiger partial charge in [0.25, 0.3) is 0 Å². The number of hydrogen-bond acceptors (Lipinski definition) is 3. The summed E-state index contributed by atoms with van der Waals surface area (Å²) in [6, 6.07) is 6.56. The van der Waals surface area contributed by atoms with Gasteiger partial charge < -0.3 is 14.8 Å². The van der Waals surface area contributed by atoms with Gasteiger partial charge in [0, 0.05) is 12.1 Å². The second-order valence-electron chi connectivity index (χ2n) is 4.95. The third kappa shape index (κ3) is 2.96.